The molecule has 1 aliphatic rings. The lowest BCUT2D eigenvalue weighted by Crippen LogP contribution is -2.33. The highest BCUT2D eigenvalue weighted by atomic mass is 15.0. The molecule has 2 nitrogen and oxygen atoms in total. The SMILES string of the molecule is CCCCCN[C@H]1C[C@@H](C)Nc2ccccc21. The molecule has 0 aliphatic carbocycles. The number of hydrogen-bond donors (Lipinski definition) is 2. The minimum Gasteiger partial charge on any atom is -0.382 e. The Morgan fingerprint density at radius 1 is 1.29 bits per heavy atom. The number of hydrogen-bond acceptors (Lipinski definition) is 2. The molecule has 2 heteroatoms. The zero-order chi connectivity index (χ0) is 12.1. The van der Waals surface area contributed by atoms with E-state index in [-0.39, 0.29) is 0 Å². The van der Waals surface area contributed by atoms with Gasteiger partial charge in [-0.2, -0.15) is 0 Å². The third kappa shape index (κ3) is 3.22. The molecular formula is C15H24N2. The maximum Gasteiger partial charge on any atom is 0.0390 e. The van der Waals surface area contributed by atoms with Crippen LogP contribution in [0.15, 0.2) is 24.3 Å². The van der Waals surface area contributed by atoms with Gasteiger partial charge in [0.15, 0.2) is 0 Å². The van der Waals surface area contributed by atoms with Crippen molar-refractivity contribution in [1.29, 1.82) is 0 Å². The predicted octanol–water partition coefficient (Wildman–Crippen LogP) is 3.71. The molecule has 0 aromatic heterocycles. The number of fused-ring (bicyclic) bond motifs is 1. The monoisotopic (exact) mass is 232 g/mol. The fraction of sp³-hybridized carbons (Fsp3) is 0.600. The molecule has 0 saturated carbocycles. The van der Waals surface area contributed by atoms with E-state index in [1.807, 2.05) is 0 Å². The van der Waals surface area contributed by atoms with Crippen LogP contribution in [0.4, 0.5) is 5.69 Å². The number of para-hydroxylation sites is 1. The predicted molar refractivity (Wildman–Crippen MR) is 74.4 cm³/mol. The Hall–Kier alpha value is -1.02. The summed E-state index contributed by atoms with van der Waals surface area (Å²) >= 11 is 0. The number of rotatable bonds is 5. The Morgan fingerprint density at radius 2 is 2.12 bits per heavy atom. The van der Waals surface area contributed by atoms with Crippen LogP contribution < -0.4 is 10.6 Å². The highest BCUT2D eigenvalue weighted by Crippen LogP contribution is 2.32. The second kappa shape index (κ2) is 6.06. The van der Waals surface area contributed by atoms with Crippen LogP contribution in [-0.4, -0.2) is 12.6 Å². The molecule has 1 aromatic carbocycles. The summed E-state index contributed by atoms with van der Waals surface area (Å²) < 4.78 is 0. The normalized spacial score (nSPS) is 22.9. The van der Waals surface area contributed by atoms with Crippen molar-refractivity contribution >= 4 is 5.69 Å². The molecule has 0 fully saturated rings. The molecule has 94 valence electrons. The van der Waals surface area contributed by atoms with E-state index in [9.17, 15) is 0 Å². The molecule has 1 heterocycles. The molecule has 2 rings (SSSR count). The van der Waals surface area contributed by atoms with E-state index in [1.54, 1.807) is 0 Å². The highest BCUT2D eigenvalue weighted by Gasteiger charge is 2.22. The van der Waals surface area contributed by atoms with Gasteiger partial charge in [0.25, 0.3) is 0 Å². The van der Waals surface area contributed by atoms with Gasteiger partial charge in [-0.3, -0.25) is 0 Å². The summed E-state index contributed by atoms with van der Waals surface area (Å²) in [6.07, 6.45) is 5.09. The molecule has 0 radical (unpaired) electrons. The van der Waals surface area contributed by atoms with Crippen LogP contribution in [0.2, 0.25) is 0 Å². The average Bonchev–Trinajstić information content (AvgIpc) is 2.34. The van der Waals surface area contributed by atoms with Crippen molar-refractivity contribution in [3.8, 4) is 0 Å². The maximum atomic E-state index is 3.70. The number of anilines is 1. The van der Waals surface area contributed by atoms with Crippen LogP contribution in [0.25, 0.3) is 0 Å². The summed E-state index contributed by atoms with van der Waals surface area (Å²) in [5.41, 5.74) is 2.74. The Kier molecular flexibility index (Phi) is 4.43. The second-order valence-electron chi connectivity index (χ2n) is 5.08. The van der Waals surface area contributed by atoms with Crippen LogP contribution in [0.3, 0.4) is 0 Å². The molecule has 2 N–H and O–H groups in total. The minimum atomic E-state index is 0.527. The van der Waals surface area contributed by atoms with E-state index in [1.165, 1.54) is 36.9 Å². The number of unbranched alkanes of at least 4 members (excludes halogenated alkanes) is 2. The lowest BCUT2D eigenvalue weighted by molar-refractivity contribution is 0.453. The molecule has 0 spiro atoms. The summed E-state index contributed by atoms with van der Waals surface area (Å²) in [6, 6.07) is 9.76. The van der Waals surface area contributed by atoms with E-state index in [0.717, 1.165) is 6.54 Å². The van der Waals surface area contributed by atoms with Crippen LogP contribution in [-0.2, 0) is 0 Å². The van der Waals surface area contributed by atoms with E-state index in [4.69, 9.17) is 0 Å². The lowest BCUT2D eigenvalue weighted by atomic mass is 9.93. The molecule has 0 bridgehead atoms. The van der Waals surface area contributed by atoms with Crippen LogP contribution in [0.5, 0.6) is 0 Å². The smallest absolute Gasteiger partial charge is 0.0390 e. The highest BCUT2D eigenvalue weighted by molar-refractivity contribution is 5.55. The Bertz CT molecular complexity index is 349. The minimum absolute atomic E-state index is 0.527. The first-order valence-electron chi connectivity index (χ1n) is 6.90. The van der Waals surface area contributed by atoms with Crippen LogP contribution in [0.1, 0.15) is 51.1 Å². The van der Waals surface area contributed by atoms with Gasteiger partial charge in [0, 0.05) is 17.8 Å². The topological polar surface area (TPSA) is 24.1 Å². The molecule has 0 unspecified atom stereocenters. The van der Waals surface area contributed by atoms with Gasteiger partial charge >= 0.3 is 0 Å². The second-order valence-corrected chi connectivity index (χ2v) is 5.08. The molecule has 0 amide bonds. The van der Waals surface area contributed by atoms with E-state index in [2.05, 4.69) is 48.7 Å². The maximum absolute atomic E-state index is 3.70. The molecule has 2 atom stereocenters. The van der Waals surface area contributed by atoms with Gasteiger partial charge in [0.05, 0.1) is 0 Å². The van der Waals surface area contributed by atoms with Gasteiger partial charge in [0.1, 0.15) is 0 Å². The van der Waals surface area contributed by atoms with E-state index >= 15 is 0 Å². The fourth-order valence-corrected chi connectivity index (χ4v) is 2.58. The third-order valence-corrected chi connectivity index (χ3v) is 3.50. The first kappa shape index (κ1) is 12.4. The van der Waals surface area contributed by atoms with Gasteiger partial charge in [-0.25, -0.2) is 0 Å². The Balaban J connectivity index is 1.97. The Labute approximate surface area is 105 Å². The van der Waals surface area contributed by atoms with Crippen molar-refractivity contribution in [3.05, 3.63) is 29.8 Å². The molecule has 17 heavy (non-hydrogen) atoms. The van der Waals surface area contributed by atoms with Crippen molar-refractivity contribution in [3.63, 3.8) is 0 Å². The van der Waals surface area contributed by atoms with E-state index < -0.39 is 0 Å². The first-order chi connectivity index (χ1) is 8.31. The largest absolute Gasteiger partial charge is 0.382 e. The lowest BCUT2D eigenvalue weighted by Gasteiger charge is -2.32. The number of benzene rings is 1. The zero-order valence-electron chi connectivity index (χ0n) is 11.0. The van der Waals surface area contributed by atoms with Crippen molar-refractivity contribution in [2.24, 2.45) is 0 Å². The average molecular weight is 232 g/mol. The van der Waals surface area contributed by atoms with Crippen molar-refractivity contribution in [2.75, 3.05) is 11.9 Å². The molecule has 1 aliphatic heterocycles. The van der Waals surface area contributed by atoms with Gasteiger partial charge in [0.2, 0.25) is 0 Å². The third-order valence-electron chi connectivity index (χ3n) is 3.50. The summed E-state index contributed by atoms with van der Waals surface area (Å²) in [6.45, 7) is 5.65. The van der Waals surface area contributed by atoms with Gasteiger partial charge in [-0.15, -0.1) is 0 Å². The number of nitrogens with one attached hydrogen (secondary N) is 2. The van der Waals surface area contributed by atoms with Gasteiger partial charge in [-0.05, 0) is 37.9 Å². The Morgan fingerprint density at radius 3 is 2.94 bits per heavy atom. The molecule has 0 saturated heterocycles. The zero-order valence-corrected chi connectivity index (χ0v) is 11.0. The van der Waals surface area contributed by atoms with Gasteiger partial charge < -0.3 is 10.6 Å². The first-order valence-corrected chi connectivity index (χ1v) is 6.90. The standard InChI is InChI=1S/C15H24N2/c1-3-4-7-10-16-15-11-12(2)17-14-9-6-5-8-13(14)15/h5-6,8-9,12,15-17H,3-4,7,10-11H2,1-2H3/t12-,15+/m1/s1. The molecular weight excluding hydrogens is 208 g/mol. The summed E-state index contributed by atoms with van der Waals surface area (Å²) in [5, 5.41) is 7.25. The van der Waals surface area contributed by atoms with Crippen molar-refractivity contribution in [1.82, 2.24) is 5.32 Å². The van der Waals surface area contributed by atoms with Gasteiger partial charge in [-0.1, -0.05) is 38.0 Å². The van der Waals surface area contributed by atoms with E-state index in [0.29, 0.717) is 12.1 Å². The summed E-state index contributed by atoms with van der Waals surface area (Å²) in [7, 11) is 0. The molecule has 1 aromatic rings. The summed E-state index contributed by atoms with van der Waals surface area (Å²) in [5.74, 6) is 0. The van der Waals surface area contributed by atoms with Crippen LogP contribution in [0, 0.1) is 0 Å². The van der Waals surface area contributed by atoms with Crippen molar-refractivity contribution < 1.29 is 0 Å². The quantitative estimate of drug-likeness (QED) is 0.756. The fourth-order valence-electron chi connectivity index (χ4n) is 2.58. The summed E-state index contributed by atoms with van der Waals surface area (Å²) in [4.78, 5) is 0. The van der Waals surface area contributed by atoms with Crippen molar-refractivity contribution in [2.45, 2.75) is 51.6 Å². The van der Waals surface area contributed by atoms with Crippen LogP contribution >= 0.6 is 0 Å².